The molecule has 0 aliphatic rings. The predicted octanol–water partition coefficient (Wildman–Crippen LogP) is 0.105. The quantitative estimate of drug-likeness (QED) is 0.383. The maximum Gasteiger partial charge on any atom is 0.326 e. The lowest BCUT2D eigenvalue weighted by Gasteiger charge is -2.15. The van der Waals surface area contributed by atoms with Crippen LogP contribution in [-0.4, -0.2) is 51.8 Å². The zero-order valence-electron chi connectivity index (χ0n) is 11.7. The van der Waals surface area contributed by atoms with Gasteiger partial charge in [-0.25, -0.2) is 9.59 Å². The first-order valence-electron chi connectivity index (χ1n) is 6.43. The highest BCUT2D eigenvalue weighted by Crippen LogP contribution is 2.05. The van der Waals surface area contributed by atoms with Crippen molar-refractivity contribution < 1.29 is 34.5 Å². The van der Waals surface area contributed by atoms with Gasteiger partial charge in [0.1, 0.15) is 6.04 Å². The van der Waals surface area contributed by atoms with Crippen molar-refractivity contribution in [1.82, 2.24) is 10.6 Å². The van der Waals surface area contributed by atoms with Gasteiger partial charge in [0.25, 0.3) is 0 Å². The van der Waals surface area contributed by atoms with Crippen molar-refractivity contribution in [3.63, 3.8) is 0 Å². The summed E-state index contributed by atoms with van der Waals surface area (Å²) >= 11 is 0. The van der Waals surface area contributed by atoms with E-state index in [1.54, 1.807) is 6.92 Å². The number of urea groups is 1. The van der Waals surface area contributed by atoms with Gasteiger partial charge in [0, 0.05) is 19.4 Å². The molecule has 120 valence electrons. The van der Waals surface area contributed by atoms with Crippen LogP contribution in [0.2, 0.25) is 0 Å². The second-order valence-electron chi connectivity index (χ2n) is 4.72. The molecule has 9 nitrogen and oxygen atoms in total. The molecule has 0 bridgehead atoms. The summed E-state index contributed by atoms with van der Waals surface area (Å²) in [5.41, 5.74) is 0. The normalized spacial score (nSPS) is 13.0. The number of carboxylic acid groups (broad SMARTS) is 3. The maximum atomic E-state index is 11.5. The number of carbonyl (C=O) groups excluding carboxylic acids is 1. The summed E-state index contributed by atoms with van der Waals surface area (Å²) < 4.78 is 0. The fourth-order valence-electron chi connectivity index (χ4n) is 1.57. The van der Waals surface area contributed by atoms with Gasteiger partial charge in [-0.2, -0.15) is 0 Å². The maximum absolute atomic E-state index is 11.5. The fraction of sp³-hybridized carbons (Fsp3) is 0.667. The Morgan fingerprint density at radius 1 is 1.00 bits per heavy atom. The van der Waals surface area contributed by atoms with Crippen LogP contribution >= 0.6 is 0 Å². The number of nitrogens with one attached hydrogen (secondary N) is 2. The van der Waals surface area contributed by atoms with Crippen molar-refractivity contribution in [3.05, 3.63) is 0 Å². The molecule has 0 spiro atoms. The average molecular weight is 304 g/mol. The number of hydrogen-bond donors (Lipinski definition) is 5. The van der Waals surface area contributed by atoms with E-state index in [9.17, 15) is 19.2 Å². The molecule has 0 saturated carbocycles. The largest absolute Gasteiger partial charge is 0.481 e. The minimum Gasteiger partial charge on any atom is -0.481 e. The molecule has 0 aliphatic carbocycles. The topological polar surface area (TPSA) is 153 Å². The van der Waals surface area contributed by atoms with Crippen molar-refractivity contribution in [2.75, 3.05) is 6.54 Å². The molecular formula is C12H20N2O7. The number of hydrogen-bond acceptors (Lipinski definition) is 4. The smallest absolute Gasteiger partial charge is 0.326 e. The number of aliphatic carboxylic acids is 3. The van der Waals surface area contributed by atoms with Gasteiger partial charge in [-0.3, -0.25) is 9.59 Å². The molecule has 0 heterocycles. The summed E-state index contributed by atoms with van der Waals surface area (Å²) in [6.45, 7) is 1.92. The summed E-state index contributed by atoms with van der Waals surface area (Å²) in [4.78, 5) is 43.1. The van der Waals surface area contributed by atoms with Gasteiger partial charge >= 0.3 is 23.9 Å². The molecule has 0 saturated heterocycles. The van der Waals surface area contributed by atoms with E-state index in [1.807, 2.05) is 0 Å². The molecule has 0 aliphatic heterocycles. The number of amides is 2. The van der Waals surface area contributed by atoms with Gasteiger partial charge in [0.2, 0.25) is 0 Å². The zero-order valence-corrected chi connectivity index (χ0v) is 11.7. The average Bonchev–Trinajstić information content (AvgIpc) is 2.32. The lowest BCUT2D eigenvalue weighted by molar-refractivity contribution is -0.141. The van der Waals surface area contributed by atoms with Crippen LogP contribution in [0.15, 0.2) is 0 Å². The van der Waals surface area contributed by atoms with Crippen molar-refractivity contribution in [3.8, 4) is 0 Å². The molecular weight excluding hydrogens is 284 g/mol. The van der Waals surface area contributed by atoms with E-state index in [4.69, 9.17) is 15.3 Å². The molecule has 2 atom stereocenters. The molecule has 5 N–H and O–H groups in total. The van der Waals surface area contributed by atoms with Gasteiger partial charge in [0.05, 0.1) is 0 Å². The summed E-state index contributed by atoms with van der Waals surface area (Å²) in [5.74, 6) is -3.51. The Bertz CT molecular complexity index is 397. The lowest BCUT2D eigenvalue weighted by Crippen LogP contribution is -2.46. The molecule has 9 heteroatoms. The molecule has 2 amide bonds. The molecule has 0 fully saturated rings. The molecule has 0 aromatic rings. The number of carbonyl (C=O) groups is 4. The Morgan fingerprint density at radius 2 is 1.62 bits per heavy atom. The second-order valence-corrected chi connectivity index (χ2v) is 4.72. The van der Waals surface area contributed by atoms with E-state index in [0.29, 0.717) is 6.42 Å². The van der Waals surface area contributed by atoms with Crippen molar-refractivity contribution >= 4 is 23.9 Å². The Labute approximate surface area is 121 Å². The first-order valence-corrected chi connectivity index (χ1v) is 6.43. The highest BCUT2D eigenvalue weighted by atomic mass is 16.4. The third-order valence-corrected chi connectivity index (χ3v) is 2.70. The van der Waals surface area contributed by atoms with Gasteiger partial charge in [0.15, 0.2) is 0 Å². The van der Waals surface area contributed by atoms with Gasteiger partial charge in [-0.1, -0.05) is 6.92 Å². The molecule has 0 aromatic heterocycles. The first-order chi connectivity index (χ1) is 9.72. The Balaban J connectivity index is 4.06. The Hall–Kier alpha value is -2.32. The molecule has 0 radical (unpaired) electrons. The second kappa shape index (κ2) is 9.56. The van der Waals surface area contributed by atoms with Crippen LogP contribution in [0.3, 0.4) is 0 Å². The van der Waals surface area contributed by atoms with Gasteiger partial charge in [-0.15, -0.1) is 0 Å². The zero-order chi connectivity index (χ0) is 16.4. The van der Waals surface area contributed by atoms with Gasteiger partial charge in [-0.05, 0) is 18.8 Å². The van der Waals surface area contributed by atoms with E-state index in [2.05, 4.69) is 10.6 Å². The van der Waals surface area contributed by atoms with E-state index in [-0.39, 0.29) is 31.7 Å². The minimum absolute atomic E-state index is 0.0142. The predicted molar refractivity (Wildman–Crippen MR) is 70.9 cm³/mol. The van der Waals surface area contributed by atoms with Crippen LogP contribution in [0.4, 0.5) is 4.79 Å². The van der Waals surface area contributed by atoms with Crippen molar-refractivity contribution in [2.24, 2.45) is 5.92 Å². The highest BCUT2D eigenvalue weighted by Gasteiger charge is 2.20. The third kappa shape index (κ3) is 10.2. The SMILES string of the molecule is C[C@@H](CCNC(=O)N[C@@H](CCC(=O)O)C(=O)O)CC(=O)O. The Morgan fingerprint density at radius 3 is 2.10 bits per heavy atom. The lowest BCUT2D eigenvalue weighted by atomic mass is 10.0. The summed E-state index contributed by atoms with van der Waals surface area (Å²) in [6, 6.07) is -2.01. The van der Waals surface area contributed by atoms with Crippen LogP contribution < -0.4 is 10.6 Å². The first kappa shape index (κ1) is 18.7. The highest BCUT2D eigenvalue weighted by molar-refractivity contribution is 5.82. The third-order valence-electron chi connectivity index (χ3n) is 2.70. The standard InChI is InChI=1S/C12H20N2O7/c1-7(6-10(17)18)4-5-13-12(21)14-8(11(19)20)2-3-9(15)16/h7-8H,2-6H2,1H3,(H,15,16)(H,17,18)(H,19,20)(H2,13,14,21)/t7-,8-/m0/s1. The number of carboxylic acids is 3. The minimum atomic E-state index is -1.31. The van der Waals surface area contributed by atoms with Crippen molar-refractivity contribution in [2.45, 2.75) is 38.6 Å². The van der Waals surface area contributed by atoms with Crippen LogP contribution in [-0.2, 0) is 14.4 Å². The van der Waals surface area contributed by atoms with E-state index >= 15 is 0 Å². The fourth-order valence-corrected chi connectivity index (χ4v) is 1.57. The van der Waals surface area contributed by atoms with E-state index in [0.717, 1.165) is 0 Å². The number of rotatable bonds is 10. The molecule has 0 aromatic carbocycles. The Kier molecular flexibility index (Phi) is 8.51. The van der Waals surface area contributed by atoms with Crippen LogP contribution in [0.5, 0.6) is 0 Å². The summed E-state index contributed by atoms with van der Waals surface area (Å²) in [6.07, 6.45) is -0.160. The molecule has 21 heavy (non-hydrogen) atoms. The van der Waals surface area contributed by atoms with Gasteiger partial charge < -0.3 is 26.0 Å². The summed E-state index contributed by atoms with van der Waals surface area (Å²) in [7, 11) is 0. The van der Waals surface area contributed by atoms with E-state index < -0.39 is 30.0 Å². The summed E-state index contributed by atoms with van der Waals surface area (Å²) in [5, 5.41) is 30.5. The van der Waals surface area contributed by atoms with Crippen molar-refractivity contribution in [1.29, 1.82) is 0 Å². The van der Waals surface area contributed by atoms with Crippen LogP contribution in [0.1, 0.15) is 32.6 Å². The van der Waals surface area contributed by atoms with Crippen LogP contribution in [0, 0.1) is 5.92 Å². The molecule has 0 unspecified atom stereocenters. The van der Waals surface area contributed by atoms with E-state index in [1.165, 1.54) is 0 Å². The molecule has 0 rings (SSSR count). The monoisotopic (exact) mass is 304 g/mol. The van der Waals surface area contributed by atoms with Crippen LogP contribution in [0.25, 0.3) is 0 Å².